The summed E-state index contributed by atoms with van der Waals surface area (Å²) >= 11 is 0. The zero-order valence-electron chi connectivity index (χ0n) is 7.27. The Hall–Kier alpha value is -0.300. The van der Waals surface area contributed by atoms with Crippen molar-refractivity contribution in [2.45, 2.75) is 45.1 Å². The van der Waals surface area contributed by atoms with Gasteiger partial charge < -0.3 is 5.73 Å². The number of hydrogen-bond donors (Lipinski definition) is 1. The first-order valence-electron chi connectivity index (χ1n) is 4.67. The number of allylic oxidation sites excluding steroid dienone is 1. The van der Waals surface area contributed by atoms with Crippen LogP contribution in [-0.4, -0.2) is 6.04 Å². The van der Waals surface area contributed by atoms with Crippen LogP contribution in [0.3, 0.4) is 0 Å². The first kappa shape index (κ1) is 7.35. The fraction of sp³-hybridized carbons (Fsp3) is 0.800. The number of hydrogen-bond acceptors (Lipinski definition) is 1. The maximum absolute atomic E-state index is 6.15. The average molecular weight is 151 g/mol. The molecule has 1 saturated carbocycles. The Bertz CT molecular complexity index is 189. The van der Waals surface area contributed by atoms with Gasteiger partial charge in [-0.3, -0.25) is 0 Å². The van der Waals surface area contributed by atoms with Gasteiger partial charge in [-0.05, 0) is 37.5 Å². The highest BCUT2D eigenvalue weighted by Crippen LogP contribution is 2.50. The van der Waals surface area contributed by atoms with Crippen LogP contribution in [0.5, 0.6) is 0 Å². The predicted octanol–water partition coefficient (Wildman–Crippen LogP) is 2.22. The SMILES string of the molecule is CC1(C(N)C2=CCCC2)CC1. The van der Waals surface area contributed by atoms with E-state index in [9.17, 15) is 0 Å². The summed E-state index contributed by atoms with van der Waals surface area (Å²) in [4.78, 5) is 0. The molecule has 2 rings (SSSR count). The first-order chi connectivity index (χ1) is 5.22. The second-order valence-electron chi connectivity index (χ2n) is 4.30. The van der Waals surface area contributed by atoms with Crippen LogP contribution in [0.1, 0.15) is 39.0 Å². The average Bonchev–Trinajstić information content (AvgIpc) is 2.54. The highest BCUT2D eigenvalue weighted by atomic mass is 14.7. The number of nitrogens with two attached hydrogens (primary N) is 1. The molecule has 0 radical (unpaired) electrons. The first-order valence-corrected chi connectivity index (χ1v) is 4.67. The van der Waals surface area contributed by atoms with Crippen molar-refractivity contribution in [2.75, 3.05) is 0 Å². The van der Waals surface area contributed by atoms with Gasteiger partial charge >= 0.3 is 0 Å². The van der Waals surface area contributed by atoms with Crippen molar-refractivity contribution in [1.29, 1.82) is 0 Å². The smallest absolute Gasteiger partial charge is 0.0308 e. The van der Waals surface area contributed by atoms with E-state index < -0.39 is 0 Å². The molecule has 1 atom stereocenters. The molecule has 1 nitrogen and oxygen atoms in total. The van der Waals surface area contributed by atoms with Gasteiger partial charge in [-0.1, -0.05) is 18.6 Å². The molecule has 2 aliphatic rings. The maximum Gasteiger partial charge on any atom is 0.0308 e. The molecule has 11 heavy (non-hydrogen) atoms. The Morgan fingerprint density at radius 1 is 1.55 bits per heavy atom. The maximum atomic E-state index is 6.15. The summed E-state index contributed by atoms with van der Waals surface area (Å²) in [5.74, 6) is 0. The lowest BCUT2D eigenvalue weighted by molar-refractivity contribution is 0.477. The Kier molecular flexibility index (Phi) is 1.57. The van der Waals surface area contributed by atoms with E-state index in [4.69, 9.17) is 5.73 Å². The van der Waals surface area contributed by atoms with Crippen molar-refractivity contribution in [3.8, 4) is 0 Å². The zero-order chi connectivity index (χ0) is 7.90. The second kappa shape index (κ2) is 2.34. The van der Waals surface area contributed by atoms with Gasteiger partial charge in [-0.15, -0.1) is 0 Å². The molecule has 1 fully saturated rings. The topological polar surface area (TPSA) is 26.0 Å². The van der Waals surface area contributed by atoms with Crippen LogP contribution >= 0.6 is 0 Å². The molecule has 0 amide bonds. The largest absolute Gasteiger partial charge is 0.324 e. The molecule has 0 aliphatic heterocycles. The van der Waals surface area contributed by atoms with Crippen LogP contribution in [0.25, 0.3) is 0 Å². The van der Waals surface area contributed by atoms with Crippen molar-refractivity contribution in [3.05, 3.63) is 11.6 Å². The minimum absolute atomic E-state index is 0.380. The second-order valence-corrected chi connectivity index (χ2v) is 4.30. The molecule has 2 N–H and O–H groups in total. The lowest BCUT2D eigenvalue weighted by Crippen LogP contribution is -2.31. The van der Waals surface area contributed by atoms with E-state index in [0.717, 1.165) is 0 Å². The zero-order valence-corrected chi connectivity index (χ0v) is 7.27. The quantitative estimate of drug-likeness (QED) is 0.602. The summed E-state index contributed by atoms with van der Waals surface area (Å²) in [6.45, 7) is 2.32. The molecular formula is C10H17N. The fourth-order valence-corrected chi connectivity index (χ4v) is 1.93. The Morgan fingerprint density at radius 2 is 2.27 bits per heavy atom. The lowest BCUT2D eigenvalue weighted by atomic mass is 9.92. The van der Waals surface area contributed by atoms with E-state index >= 15 is 0 Å². The van der Waals surface area contributed by atoms with Gasteiger partial charge in [0.15, 0.2) is 0 Å². The van der Waals surface area contributed by atoms with Gasteiger partial charge in [0.2, 0.25) is 0 Å². The standard InChI is InChI=1S/C10H17N/c1-10(6-7-10)9(11)8-4-2-3-5-8/h4,9H,2-3,5-7,11H2,1H3. The summed E-state index contributed by atoms with van der Waals surface area (Å²) in [6.07, 6.45) is 8.89. The molecule has 0 heterocycles. The molecule has 0 aromatic rings. The molecule has 0 aromatic carbocycles. The third-order valence-electron chi connectivity index (χ3n) is 3.27. The Balaban J connectivity index is 2.03. The van der Waals surface area contributed by atoms with E-state index in [1.165, 1.54) is 37.7 Å². The van der Waals surface area contributed by atoms with E-state index in [-0.39, 0.29) is 0 Å². The molecule has 0 saturated heterocycles. The van der Waals surface area contributed by atoms with Crippen LogP contribution < -0.4 is 5.73 Å². The molecule has 0 aromatic heterocycles. The third-order valence-corrected chi connectivity index (χ3v) is 3.27. The molecule has 2 aliphatic carbocycles. The van der Waals surface area contributed by atoms with Crippen LogP contribution in [0.2, 0.25) is 0 Å². The highest BCUT2D eigenvalue weighted by molar-refractivity contribution is 5.21. The highest BCUT2D eigenvalue weighted by Gasteiger charge is 2.44. The van der Waals surface area contributed by atoms with Crippen LogP contribution in [0, 0.1) is 5.41 Å². The summed E-state index contributed by atoms with van der Waals surface area (Å²) in [6, 6.07) is 0.380. The van der Waals surface area contributed by atoms with E-state index in [0.29, 0.717) is 11.5 Å². The van der Waals surface area contributed by atoms with E-state index in [2.05, 4.69) is 13.0 Å². The summed E-state index contributed by atoms with van der Waals surface area (Å²) in [5, 5.41) is 0. The normalized spacial score (nSPS) is 29.8. The molecule has 1 heteroatoms. The summed E-state index contributed by atoms with van der Waals surface area (Å²) in [7, 11) is 0. The molecule has 1 unspecified atom stereocenters. The monoisotopic (exact) mass is 151 g/mol. The van der Waals surface area contributed by atoms with Crippen molar-refractivity contribution in [1.82, 2.24) is 0 Å². The lowest BCUT2D eigenvalue weighted by Gasteiger charge is -2.19. The molecular weight excluding hydrogens is 134 g/mol. The minimum atomic E-state index is 0.380. The third kappa shape index (κ3) is 1.22. The molecule has 0 spiro atoms. The van der Waals surface area contributed by atoms with Gasteiger partial charge in [0.25, 0.3) is 0 Å². The summed E-state index contributed by atoms with van der Waals surface area (Å²) in [5.41, 5.74) is 8.16. The van der Waals surface area contributed by atoms with Crippen molar-refractivity contribution >= 4 is 0 Å². The van der Waals surface area contributed by atoms with Crippen molar-refractivity contribution < 1.29 is 0 Å². The van der Waals surface area contributed by atoms with Crippen molar-refractivity contribution in [3.63, 3.8) is 0 Å². The fourth-order valence-electron chi connectivity index (χ4n) is 1.93. The Morgan fingerprint density at radius 3 is 2.73 bits per heavy atom. The van der Waals surface area contributed by atoms with Gasteiger partial charge in [0.05, 0.1) is 0 Å². The predicted molar refractivity (Wildman–Crippen MR) is 47.3 cm³/mol. The molecule has 62 valence electrons. The van der Waals surface area contributed by atoms with Crippen LogP contribution in [0.15, 0.2) is 11.6 Å². The minimum Gasteiger partial charge on any atom is -0.324 e. The van der Waals surface area contributed by atoms with Gasteiger partial charge in [0, 0.05) is 6.04 Å². The van der Waals surface area contributed by atoms with Crippen molar-refractivity contribution in [2.24, 2.45) is 11.1 Å². The summed E-state index contributed by atoms with van der Waals surface area (Å²) < 4.78 is 0. The number of rotatable bonds is 2. The van der Waals surface area contributed by atoms with Gasteiger partial charge in [-0.25, -0.2) is 0 Å². The molecule has 0 bridgehead atoms. The van der Waals surface area contributed by atoms with Crippen LogP contribution in [0.4, 0.5) is 0 Å². The van der Waals surface area contributed by atoms with E-state index in [1.54, 1.807) is 0 Å². The van der Waals surface area contributed by atoms with Gasteiger partial charge in [0.1, 0.15) is 0 Å². The van der Waals surface area contributed by atoms with Gasteiger partial charge in [-0.2, -0.15) is 0 Å². The Labute approximate surface area is 68.7 Å². The van der Waals surface area contributed by atoms with E-state index in [1.807, 2.05) is 0 Å². The van der Waals surface area contributed by atoms with Crippen LogP contribution in [-0.2, 0) is 0 Å².